The van der Waals surface area contributed by atoms with Crippen LogP contribution in [0, 0.1) is 18.3 Å². The van der Waals surface area contributed by atoms with Crippen LogP contribution in [0.5, 0.6) is 0 Å². The van der Waals surface area contributed by atoms with Crippen LogP contribution in [0.3, 0.4) is 0 Å². The Morgan fingerprint density at radius 1 is 1.13 bits per heavy atom. The number of anilines is 2. The molecule has 0 aliphatic rings. The van der Waals surface area contributed by atoms with Crippen LogP contribution in [0.1, 0.15) is 21.6 Å². The molecule has 3 rings (SSSR count). The molecule has 0 fully saturated rings. The Bertz CT molecular complexity index is 863. The van der Waals surface area contributed by atoms with Gasteiger partial charge >= 0.3 is 0 Å². The van der Waals surface area contributed by atoms with E-state index in [-0.39, 0.29) is 5.91 Å². The molecular formula is C18H13N3OS. The van der Waals surface area contributed by atoms with E-state index in [1.54, 1.807) is 29.2 Å². The second kappa shape index (κ2) is 6.42. The van der Waals surface area contributed by atoms with Gasteiger partial charge in [-0.3, -0.25) is 9.69 Å². The molecule has 4 nitrogen and oxygen atoms in total. The number of amides is 1. The molecule has 1 heterocycles. The topological polar surface area (TPSA) is 57.0 Å². The molecule has 0 aliphatic carbocycles. The molecule has 0 aliphatic heterocycles. The van der Waals surface area contributed by atoms with Gasteiger partial charge in [-0.2, -0.15) is 5.26 Å². The van der Waals surface area contributed by atoms with Crippen molar-refractivity contribution in [3.63, 3.8) is 0 Å². The average Bonchev–Trinajstić information content (AvgIpc) is 3.02. The van der Waals surface area contributed by atoms with Crippen molar-refractivity contribution >= 4 is 28.1 Å². The van der Waals surface area contributed by atoms with Gasteiger partial charge in [0.2, 0.25) is 0 Å². The molecule has 2 aromatic carbocycles. The molecule has 0 atom stereocenters. The summed E-state index contributed by atoms with van der Waals surface area (Å²) >= 11 is 1.42. The third-order valence-corrected chi connectivity index (χ3v) is 4.22. The first-order valence-electron chi connectivity index (χ1n) is 7.01. The number of hydrogen-bond acceptors (Lipinski definition) is 4. The zero-order valence-electron chi connectivity index (χ0n) is 12.4. The van der Waals surface area contributed by atoms with Gasteiger partial charge in [0, 0.05) is 10.9 Å². The van der Waals surface area contributed by atoms with Crippen molar-refractivity contribution in [1.82, 2.24) is 4.98 Å². The number of carbonyl (C=O) groups is 1. The van der Waals surface area contributed by atoms with Crippen LogP contribution in [-0.4, -0.2) is 10.9 Å². The van der Waals surface area contributed by atoms with E-state index in [2.05, 4.69) is 11.1 Å². The lowest BCUT2D eigenvalue weighted by Crippen LogP contribution is -2.25. The maximum atomic E-state index is 13.0. The summed E-state index contributed by atoms with van der Waals surface area (Å²) in [5.41, 5.74) is 2.67. The van der Waals surface area contributed by atoms with Gasteiger partial charge in [-0.1, -0.05) is 18.2 Å². The van der Waals surface area contributed by atoms with E-state index in [9.17, 15) is 4.79 Å². The second-order valence-electron chi connectivity index (χ2n) is 4.94. The molecule has 0 unspecified atom stereocenters. The number of nitriles is 1. The monoisotopic (exact) mass is 319 g/mol. The summed E-state index contributed by atoms with van der Waals surface area (Å²) in [7, 11) is 0. The maximum absolute atomic E-state index is 13.0. The Morgan fingerprint density at radius 2 is 1.83 bits per heavy atom. The summed E-state index contributed by atoms with van der Waals surface area (Å²) in [5, 5.41) is 11.4. The third kappa shape index (κ3) is 3.12. The number of rotatable bonds is 3. The number of aromatic nitrogens is 1. The summed E-state index contributed by atoms with van der Waals surface area (Å²) in [6.07, 6.45) is 0. The SMILES string of the molecule is Cc1csc(N(C(=O)c2ccc(C#N)cc2)c2ccccc2)n1. The van der Waals surface area contributed by atoms with Crippen molar-refractivity contribution in [2.24, 2.45) is 0 Å². The number of thiazole rings is 1. The van der Waals surface area contributed by atoms with E-state index in [1.807, 2.05) is 42.6 Å². The highest BCUT2D eigenvalue weighted by Crippen LogP contribution is 2.30. The van der Waals surface area contributed by atoms with Crippen molar-refractivity contribution < 1.29 is 4.79 Å². The lowest BCUT2D eigenvalue weighted by atomic mass is 10.1. The Balaban J connectivity index is 2.04. The van der Waals surface area contributed by atoms with Crippen LogP contribution in [-0.2, 0) is 0 Å². The van der Waals surface area contributed by atoms with Gasteiger partial charge in [0.25, 0.3) is 5.91 Å². The smallest absolute Gasteiger partial charge is 0.264 e. The molecule has 112 valence electrons. The molecule has 0 bridgehead atoms. The molecule has 0 saturated heterocycles. The molecule has 1 aromatic heterocycles. The van der Waals surface area contributed by atoms with Crippen molar-refractivity contribution in [3.8, 4) is 6.07 Å². The van der Waals surface area contributed by atoms with Gasteiger partial charge in [-0.15, -0.1) is 11.3 Å². The lowest BCUT2D eigenvalue weighted by Gasteiger charge is -2.20. The van der Waals surface area contributed by atoms with Gasteiger partial charge in [0.05, 0.1) is 23.0 Å². The Morgan fingerprint density at radius 3 is 2.39 bits per heavy atom. The molecule has 0 radical (unpaired) electrons. The summed E-state index contributed by atoms with van der Waals surface area (Å²) in [6.45, 7) is 1.90. The van der Waals surface area contributed by atoms with E-state index in [1.165, 1.54) is 11.3 Å². The minimum Gasteiger partial charge on any atom is -0.268 e. The normalized spacial score (nSPS) is 10.1. The van der Waals surface area contributed by atoms with Gasteiger partial charge in [-0.25, -0.2) is 4.98 Å². The van der Waals surface area contributed by atoms with Crippen LogP contribution in [0.15, 0.2) is 60.0 Å². The van der Waals surface area contributed by atoms with E-state index in [0.717, 1.165) is 11.4 Å². The number of para-hydroxylation sites is 1. The second-order valence-corrected chi connectivity index (χ2v) is 5.77. The fourth-order valence-electron chi connectivity index (χ4n) is 2.15. The average molecular weight is 319 g/mol. The highest BCUT2D eigenvalue weighted by molar-refractivity contribution is 7.14. The van der Waals surface area contributed by atoms with Gasteiger partial charge in [-0.05, 0) is 43.3 Å². The van der Waals surface area contributed by atoms with Crippen LogP contribution in [0.2, 0.25) is 0 Å². The highest BCUT2D eigenvalue weighted by atomic mass is 32.1. The van der Waals surface area contributed by atoms with Crippen LogP contribution >= 0.6 is 11.3 Å². The van der Waals surface area contributed by atoms with Crippen molar-refractivity contribution in [2.75, 3.05) is 4.90 Å². The predicted molar refractivity (Wildman–Crippen MR) is 90.9 cm³/mol. The largest absolute Gasteiger partial charge is 0.268 e. The highest BCUT2D eigenvalue weighted by Gasteiger charge is 2.22. The van der Waals surface area contributed by atoms with E-state index in [0.29, 0.717) is 16.3 Å². The van der Waals surface area contributed by atoms with Gasteiger partial charge in [0.15, 0.2) is 5.13 Å². The Hall–Kier alpha value is -2.97. The molecule has 23 heavy (non-hydrogen) atoms. The summed E-state index contributed by atoms with van der Waals surface area (Å²) in [5.74, 6) is -0.171. The molecule has 5 heteroatoms. The number of benzene rings is 2. The molecule has 1 amide bonds. The fourth-order valence-corrected chi connectivity index (χ4v) is 2.97. The number of carbonyl (C=O) groups excluding carboxylic acids is 1. The summed E-state index contributed by atoms with van der Waals surface area (Å²) in [4.78, 5) is 19.0. The van der Waals surface area contributed by atoms with Gasteiger partial charge in [0.1, 0.15) is 0 Å². The number of aryl methyl sites for hydroxylation is 1. The first kappa shape index (κ1) is 14.9. The minimum atomic E-state index is -0.171. The van der Waals surface area contributed by atoms with Crippen molar-refractivity contribution in [3.05, 3.63) is 76.8 Å². The zero-order valence-corrected chi connectivity index (χ0v) is 13.2. The standard InChI is InChI=1S/C18H13N3OS/c1-13-12-23-18(20-13)21(16-5-3-2-4-6-16)17(22)15-9-7-14(11-19)8-10-15/h2-10,12H,1H3. The first-order valence-corrected chi connectivity index (χ1v) is 7.89. The molecule has 0 N–H and O–H groups in total. The van der Waals surface area contributed by atoms with Crippen molar-refractivity contribution in [2.45, 2.75) is 6.92 Å². The molecule has 3 aromatic rings. The summed E-state index contributed by atoms with van der Waals surface area (Å²) in [6, 6.07) is 18.1. The van der Waals surface area contributed by atoms with Crippen LogP contribution < -0.4 is 4.90 Å². The van der Waals surface area contributed by atoms with Crippen LogP contribution in [0.25, 0.3) is 0 Å². The zero-order chi connectivity index (χ0) is 16.2. The first-order chi connectivity index (χ1) is 11.2. The molecular weight excluding hydrogens is 306 g/mol. The van der Waals surface area contributed by atoms with E-state index < -0.39 is 0 Å². The number of nitrogens with zero attached hydrogens (tertiary/aromatic N) is 3. The molecule has 0 saturated carbocycles. The predicted octanol–water partition coefficient (Wildman–Crippen LogP) is 4.30. The van der Waals surface area contributed by atoms with Gasteiger partial charge < -0.3 is 0 Å². The quantitative estimate of drug-likeness (QED) is 0.723. The molecule has 0 spiro atoms. The van der Waals surface area contributed by atoms with Crippen molar-refractivity contribution in [1.29, 1.82) is 5.26 Å². The maximum Gasteiger partial charge on any atom is 0.264 e. The minimum absolute atomic E-state index is 0.171. The van der Waals surface area contributed by atoms with E-state index >= 15 is 0 Å². The van der Waals surface area contributed by atoms with Crippen LogP contribution in [0.4, 0.5) is 10.8 Å². The number of hydrogen-bond donors (Lipinski definition) is 0. The lowest BCUT2D eigenvalue weighted by molar-refractivity contribution is 0.0999. The summed E-state index contributed by atoms with van der Waals surface area (Å²) < 4.78 is 0. The fraction of sp³-hybridized carbons (Fsp3) is 0.0556. The Labute approximate surface area is 138 Å². The van der Waals surface area contributed by atoms with E-state index in [4.69, 9.17) is 5.26 Å². The Kier molecular flexibility index (Phi) is 4.18. The third-order valence-electron chi connectivity index (χ3n) is 3.28.